The molecule has 0 atom stereocenters. The predicted octanol–water partition coefficient (Wildman–Crippen LogP) is 6.78. The molecule has 1 aliphatic rings. The van der Waals surface area contributed by atoms with E-state index in [0.29, 0.717) is 38.2 Å². The number of hydrogen-bond acceptors (Lipinski definition) is 3. The number of halogens is 4. The maximum atomic E-state index is 13.8. The van der Waals surface area contributed by atoms with E-state index >= 15 is 0 Å². The zero-order valence-electron chi connectivity index (χ0n) is 15.6. The van der Waals surface area contributed by atoms with Crippen molar-refractivity contribution in [3.8, 4) is 11.5 Å². The number of hydrogen-bond donors (Lipinski definition) is 0. The van der Waals surface area contributed by atoms with Gasteiger partial charge in [0.05, 0.1) is 21.2 Å². The molecule has 4 rings (SSSR count). The van der Waals surface area contributed by atoms with Crippen molar-refractivity contribution in [3.05, 3.63) is 98.2 Å². The molecule has 0 N–H and O–H groups in total. The summed E-state index contributed by atoms with van der Waals surface area (Å²) in [5.74, 6) is -0.827. The molecule has 1 aliphatic heterocycles. The van der Waals surface area contributed by atoms with Gasteiger partial charge in [-0.1, -0.05) is 35.3 Å². The molecule has 1 heterocycles. The predicted molar refractivity (Wildman–Crippen MR) is 111 cm³/mol. The normalized spacial score (nSPS) is 14.0. The van der Waals surface area contributed by atoms with E-state index < -0.39 is 11.6 Å². The average molecular weight is 447 g/mol. The molecule has 0 amide bonds. The lowest BCUT2D eigenvalue weighted by Crippen LogP contribution is -2.03. The standard InChI is InChI=1S/C23H14Cl2F2O3/c1-12-20(29-11-15-18(26)3-2-4-19(15)27)8-6-14-22(28)21(30-23(12)14)10-13-5-7-16(24)17(25)9-13/h2-10H,11H2,1H3/b21-10-. The monoisotopic (exact) mass is 446 g/mol. The Hall–Kier alpha value is -2.89. The quantitative estimate of drug-likeness (QED) is 0.414. The van der Waals surface area contributed by atoms with Crippen molar-refractivity contribution < 1.29 is 23.0 Å². The summed E-state index contributed by atoms with van der Waals surface area (Å²) in [5, 5.41) is 0.769. The number of rotatable bonds is 4. The molecule has 30 heavy (non-hydrogen) atoms. The van der Waals surface area contributed by atoms with E-state index in [0.717, 1.165) is 0 Å². The van der Waals surface area contributed by atoms with Gasteiger partial charge in [0.2, 0.25) is 5.78 Å². The number of ether oxygens (including phenoxy) is 2. The van der Waals surface area contributed by atoms with Crippen molar-refractivity contribution in [2.75, 3.05) is 0 Å². The summed E-state index contributed by atoms with van der Waals surface area (Å²) >= 11 is 11.9. The van der Waals surface area contributed by atoms with Crippen molar-refractivity contribution >= 4 is 35.1 Å². The van der Waals surface area contributed by atoms with E-state index in [1.807, 2.05) is 0 Å². The smallest absolute Gasteiger partial charge is 0.231 e. The number of ketones is 1. The number of carbonyl (C=O) groups excluding carboxylic acids is 1. The average Bonchev–Trinajstić information content (AvgIpc) is 3.02. The first-order chi connectivity index (χ1) is 14.3. The van der Waals surface area contributed by atoms with Gasteiger partial charge in [-0.15, -0.1) is 0 Å². The third-order valence-corrected chi connectivity index (χ3v) is 5.45. The third-order valence-electron chi connectivity index (χ3n) is 4.71. The molecule has 0 aliphatic carbocycles. The van der Waals surface area contributed by atoms with Gasteiger partial charge in [0, 0.05) is 5.56 Å². The summed E-state index contributed by atoms with van der Waals surface area (Å²) in [6, 6.07) is 11.7. The molecule has 0 saturated carbocycles. The highest BCUT2D eigenvalue weighted by atomic mass is 35.5. The van der Waals surface area contributed by atoms with Crippen molar-refractivity contribution in [2.45, 2.75) is 13.5 Å². The Morgan fingerprint density at radius 3 is 2.47 bits per heavy atom. The molecule has 0 radical (unpaired) electrons. The van der Waals surface area contributed by atoms with Crippen LogP contribution in [-0.4, -0.2) is 5.78 Å². The molecular formula is C23H14Cl2F2O3. The number of Topliss-reactive ketones (excluding diaryl/α,β-unsaturated/α-hetero) is 1. The topological polar surface area (TPSA) is 35.5 Å². The van der Waals surface area contributed by atoms with Gasteiger partial charge in [0.15, 0.2) is 5.76 Å². The zero-order valence-corrected chi connectivity index (χ0v) is 17.2. The van der Waals surface area contributed by atoms with Crippen LogP contribution in [0, 0.1) is 18.6 Å². The van der Waals surface area contributed by atoms with Crippen molar-refractivity contribution in [1.82, 2.24) is 0 Å². The molecule has 7 heteroatoms. The Kier molecular flexibility index (Phi) is 5.50. The Morgan fingerprint density at radius 1 is 1.03 bits per heavy atom. The number of allylic oxidation sites excluding steroid dienone is 1. The summed E-state index contributed by atoms with van der Waals surface area (Å²) in [5.41, 5.74) is 1.41. The fourth-order valence-electron chi connectivity index (χ4n) is 3.10. The van der Waals surface area contributed by atoms with Crippen LogP contribution in [-0.2, 0) is 6.61 Å². The van der Waals surface area contributed by atoms with Crippen LogP contribution in [0.4, 0.5) is 8.78 Å². The van der Waals surface area contributed by atoms with Gasteiger partial charge < -0.3 is 9.47 Å². The molecule has 0 bridgehead atoms. The SMILES string of the molecule is Cc1c(OCc2c(F)cccc2F)ccc2c1O/C(=C\c1ccc(Cl)c(Cl)c1)C2=O. The summed E-state index contributed by atoms with van der Waals surface area (Å²) < 4.78 is 39.0. The van der Waals surface area contributed by atoms with E-state index in [-0.39, 0.29) is 23.7 Å². The summed E-state index contributed by atoms with van der Waals surface area (Å²) in [7, 11) is 0. The Morgan fingerprint density at radius 2 is 1.77 bits per heavy atom. The maximum absolute atomic E-state index is 13.8. The van der Waals surface area contributed by atoms with Crippen LogP contribution in [0.5, 0.6) is 11.5 Å². The Bertz CT molecular complexity index is 1190. The van der Waals surface area contributed by atoms with Gasteiger partial charge in [-0.25, -0.2) is 8.78 Å². The van der Waals surface area contributed by atoms with E-state index in [4.69, 9.17) is 32.7 Å². The molecule has 0 aromatic heterocycles. The van der Waals surface area contributed by atoms with Crippen molar-refractivity contribution in [3.63, 3.8) is 0 Å². The van der Waals surface area contributed by atoms with Crippen LogP contribution in [0.15, 0.2) is 54.3 Å². The number of benzene rings is 3. The van der Waals surface area contributed by atoms with Crippen LogP contribution in [0.1, 0.15) is 27.0 Å². The highest BCUT2D eigenvalue weighted by Crippen LogP contribution is 2.39. The van der Waals surface area contributed by atoms with Crippen LogP contribution in [0.25, 0.3) is 6.08 Å². The lowest BCUT2D eigenvalue weighted by Gasteiger charge is -2.12. The van der Waals surface area contributed by atoms with Gasteiger partial charge in [0.1, 0.15) is 29.7 Å². The summed E-state index contributed by atoms with van der Waals surface area (Å²) in [6.45, 7) is 1.42. The van der Waals surface area contributed by atoms with E-state index in [1.165, 1.54) is 18.2 Å². The molecular weight excluding hydrogens is 433 g/mol. The Labute approximate surface area is 181 Å². The molecule has 0 spiro atoms. The second-order valence-electron chi connectivity index (χ2n) is 6.67. The first-order valence-corrected chi connectivity index (χ1v) is 9.69. The minimum absolute atomic E-state index is 0.129. The molecule has 3 aromatic carbocycles. The molecule has 3 aromatic rings. The lowest BCUT2D eigenvalue weighted by atomic mass is 10.1. The fraction of sp³-hybridized carbons (Fsp3) is 0.0870. The van der Waals surface area contributed by atoms with Gasteiger partial charge in [0.25, 0.3) is 0 Å². The summed E-state index contributed by atoms with van der Waals surface area (Å²) in [4.78, 5) is 12.7. The van der Waals surface area contributed by atoms with E-state index in [9.17, 15) is 13.6 Å². The Balaban J connectivity index is 1.60. The van der Waals surface area contributed by atoms with Gasteiger partial charge in [-0.2, -0.15) is 0 Å². The van der Waals surface area contributed by atoms with E-state index in [2.05, 4.69) is 0 Å². The van der Waals surface area contributed by atoms with Gasteiger partial charge in [-0.05, 0) is 55.0 Å². The molecule has 0 unspecified atom stereocenters. The van der Waals surface area contributed by atoms with Crippen LogP contribution >= 0.6 is 23.2 Å². The first kappa shape index (κ1) is 20.4. The van der Waals surface area contributed by atoms with Crippen LogP contribution in [0.2, 0.25) is 10.0 Å². The van der Waals surface area contributed by atoms with Gasteiger partial charge >= 0.3 is 0 Å². The fourth-order valence-corrected chi connectivity index (χ4v) is 3.40. The lowest BCUT2D eigenvalue weighted by molar-refractivity contribution is 0.101. The van der Waals surface area contributed by atoms with Crippen molar-refractivity contribution in [2.24, 2.45) is 0 Å². The highest BCUT2D eigenvalue weighted by Gasteiger charge is 2.30. The zero-order chi connectivity index (χ0) is 21.4. The second kappa shape index (κ2) is 8.09. The number of fused-ring (bicyclic) bond motifs is 1. The largest absolute Gasteiger partial charge is 0.488 e. The van der Waals surface area contributed by atoms with Gasteiger partial charge in [-0.3, -0.25) is 4.79 Å². The van der Waals surface area contributed by atoms with E-state index in [1.54, 1.807) is 43.3 Å². The minimum atomic E-state index is -0.688. The van der Waals surface area contributed by atoms with Crippen LogP contribution in [0.3, 0.4) is 0 Å². The molecule has 3 nitrogen and oxygen atoms in total. The maximum Gasteiger partial charge on any atom is 0.231 e. The minimum Gasteiger partial charge on any atom is -0.488 e. The number of carbonyl (C=O) groups is 1. The summed E-state index contributed by atoms with van der Waals surface area (Å²) in [6.07, 6.45) is 1.57. The first-order valence-electron chi connectivity index (χ1n) is 8.93. The van der Waals surface area contributed by atoms with Crippen molar-refractivity contribution in [1.29, 1.82) is 0 Å². The molecule has 0 fully saturated rings. The highest BCUT2D eigenvalue weighted by molar-refractivity contribution is 6.42. The molecule has 0 saturated heterocycles. The third kappa shape index (κ3) is 3.78. The second-order valence-corrected chi connectivity index (χ2v) is 7.48. The van der Waals surface area contributed by atoms with Crippen LogP contribution < -0.4 is 9.47 Å². The molecule has 152 valence electrons.